The number of nitrogens with zero attached hydrogens (tertiary/aromatic N) is 1. The molecule has 112 valence electrons. The fourth-order valence-corrected chi connectivity index (χ4v) is 2.74. The molecule has 1 aliphatic rings. The third kappa shape index (κ3) is 2.69. The van der Waals surface area contributed by atoms with Crippen molar-refractivity contribution in [1.29, 1.82) is 0 Å². The van der Waals surface area contributed by atoms with Crippen LogP contribution < -0.4 is 15.4 Å². The Kier molecular flexibility index (Phi) is 4.40. The standard InChI is InChI=1S/C15H24N2O3/c1-3-15(4-2)10-17(8-11(19)9-18)14-12(16)6-5-7-13(14)20-15/h5-7,11,18-19H,3-4,8-10,16H2,1-2H3. The Morgan fingerprint density at radius 1 is 1.40 bits per heavy atom. The molecular formula is C15H24N2O3. The summed E-state index contributed by atoms with van der Waals surface area (Å²) in [7, 11) is 0. The Bertz CT molecular complexity index is 460. The summed E-state index contributed by atoms with van der Waals surface area (Å²) in [4.78, 5) is 2.03. The van der Waals surface area contributed by atoms with Crippen LogP contribution in [0.1, 0.15) is 26.7 Å². The van der Waals surface area contributed by atoms with Gasteiger partial charge in [0.05, 0.1) is 24.9 Å². The van der Waals surface area contributed by atoms with Gasteiger partial charge in [0, 0.05) is 6.54 Å². The van der Waals surface area contributed by atoms with Crippen LogP contribution in [0.5, 0.6) is 5.75 Å². The van der Waals surface area contributed by atoms with E-state index in [9.17, 15) is 5.11 Å². The summed E-state index contributed by atoms with van der Waals surface area (Å²) >= 11 is 0. The highest BCUT2D eigenvalue weighted by Crippen LogP contribution is 2.43. The SMILES string of the molecule is CCC1(CC)CN(CC(O)CO)c2c(N)cccc2O1. The van der Waals surface area contributed by atoms with Crippen LogP contribution in [0.3, 0.4) is 0 Å². The van der Waals surface area contributed by atoms with Crippen molar-refractivity contribution in [3.63, 3.8) is 0 Å². The van der Waals surface area contributed by atoms with E-state index in [0.29, 0.717) is 18.8 Å². The van der Waals surface area contributed by atoms with Gasteiger partial charge < -0.3 is 25.6 Å². The van der Waals surface area contributed by atoms with Crippen LogP contribution in [0.4, 0.5) is 11.4 Å². The van der Waals surface area contributed by atoms with Crippen LogP contribution in [-0.2, 0) is 0 Å². The van der Waals surface area contributed by atoms with Gasteiger partial charge in [0.25, 0.3) is 0 Å². The van der Waals surface area contributed by atoms with Gasteiger partial charge in [-0.15, -0.1) is 0 Å². The first-order valence-electron chi connectivity index (χ1n) is 7.16. The third-order valence-corrected chi connectivity index (χ3v) is 4.08. The molecular weight excluding hydrogens is 256 g/mol. The summed E-state index contributed by atoms with van der Waals surface area (Å²) in [5.41, 5.74) is 7.24. The number of fused-ring (bicyclic) bond motifs is 1. The van der Waals surface area contributed by atoms with E-state index in [-0.39, 0.29) is 12.2 Å². The number of aliphatic hydroxyl groups is 2. The lowest BCUT2D eigenvalue weighted by atomic mass is 9.93. The molecule has 0 saturated heterocycles. The number of anilines is 2. The molecule has 0 aliphatic carbocycles. The van der Waals surface area contributed by atoms with Crippen LogP contribution in [0.2, 0.25) is 0 Å². The summed E-state index contributed by atoms with van der Waals surface area (Å²) in [6, 6.07) is 5.60. The molecule has 1 aliphatic heterocycles. The number of β-amino-alcohol motifs (C(OH)–C–C–N with tert-alkyl or cyclic N) is 1. The van der Waals surface area contributed by atoms with Crippen LogP contribution in [0.25, 0.3) is 0 Å². The number of nitrogens with two attached hydrogens (primary N) is 1. The molecule has 5 heteroatoms. The quantitative estimate of drug-likeness (QED) is 0.710. The summed E-state index contributed by atoms with van der Waals surface area (Å²) in [6.45, 7) is 4.95. The van der Waals surface area contributed by atoms with E-state index in [4.69, 9.17) is 15.6 Å². The minimum absolute atomic E-state index is 0.259. The van der Waals surface area contributed by atoms with Crippen molar-refractivity contribution in [2.75, 3.05) is 30.3 Å². The second kappa shape index (κ2) is 5.89. The van der Waals surface area contributed by atoms with Gasteiger partial charge in [-0.1, -0.05) is 19.9 Å². The maximum absolute atomic E-state index is 9.77. The van der Waals surface area contributed by atoms with E-state index < -0.39 is 6.10 Å². The van der Waals surface area contributed by atoms with Crippen molar-refractivity contribution >= 4 is 11.4 Å². The van der Waals surface area contributed by atoms with E-state index in [1.54, 1.807) is 0 Å². The Hall–Kier alpha value is -1.46. The third-order valence-electron chi connectivity index (χ3n) is 4.08. The Balaban J connectivity index is 2.39. The lowest BCUT2D eigenvalue weighted by Gasteiger charge is -2.45. The van der Waals surface area contributed by atoms with Crippen LogP contribution in [-0.4, -0.2) is 41.6 Å². The fourth-order valence-electron chi connectivity index (χ4n) is 2.74. The van der Waals surface area contributed by atoms with Gasteiger partial charge in [0.1, 0.15) is 17.0 Å². The van der Waals surface area contributed by atoms with E-state index in [2.05, 4.69) is 13.8 Å². The van der Waals surface area contributed by atoms with Gasteiger partial charge in [-0.25, -0.2) is 0 Å². The van der Waals surface area contributed by atoms with Crippen molar-refractivity contribution in [3.8, 4) is 5.75 Å². The Labute approximate surface area is 120 Å². The molecule has 5 nitrogen and oxygen atoms in total. The number of rotatable bonds is 5. The number of nitrogen functional groups attached to an aromatic ring is 1. The average molecular weight is 280 g/mol. The Morgan fingerprint density at radius 3 is 2.70 bits per heavy atom. The molecule has 0 fully saturated rings. The van der Waals surface area contributed by atoms with Crippen molar-refractivity contribution in [1.82, 2.24) is 0 Å². The van der Waals surface area contributed by atoms with Gasteiger partial charge in [-0.3, -0.25) is 0 Å². The first-order valence-corrected chi connectivity index (χ1v) is 7.16. The normalized spacial score (nSPS) is 18.3. The van der Waals surface area contributed by atoms with E-state index >= 15 is 0 Å². The minimum atomic E-state index is -0.785. The van der Waals surface area contributed by atoms with Crippen molar-refractivity contribution in [2.24, 2.45) is 0 Å². The number of aliphatic hydroxyl groups excluding tert-OH is 2. The molecule has 1 unspecified atom stereocenters. The van der Waals surface area contributed by atoms with E-state index in [1.807, 2.05) is 23.1 Å². The van der Waals surface area contributed by atoms with Crippen molar-refractivity contribution in [3.05, 3.63) is 18.2 Å². The maximum Gasteiger partial charge on any atom is 0.145 e. The molecule has 0 radical (unpaired) electrons. The lowest BCUT2D eigenvalue weighted by molar-refractivity contribution is 0.0489. The highest BCUT2D eigenvalue weighted by molar-refractivity contribution is 5.76. The number of para-hydroxylation sites is 1. The van der Waals surface area contributed by atoms with Crippen LogP contribution in [0.15, 0.2) is 18.2 Å². The number of ether oxygens (including phenoxy) is 1. The molecule has 0 saturated carbocycles. The monoisotopic (exact) mass is 280 g/mol. The van der Waals surface area contributed by atoms with Gasteiger partial charge in [0.2, 0.25) is 0 Å². The maximum atomic E-state index is 9.77. The highest BCUT2D eigenvalue weighted by Gasteiger charge is 2.38. The molecule has 0 spiro atoms. The number of hydrogen-bond donors (Lipinski definition) is 3. The van der Waals surface area contributed by atoms with Crippen molar-refractivity contribution in [2.45, 2.75) is 38.4 Å². The zero-order valence-corrected chi connectivity index (χ0v) is 12.2. The van der Waals surface area contributed by atoms with Gasteiger partial charge >= 0.3 is 0 Å². The van der Waals surface area contributed by atoms with Gasteiger partial charge in [-0.2, -0.15) is 0 Å². The molecule has 0 bridgehead atoms. The topological polar surface area (TPSA) is 79.0 Å². The number of benzene rings is 1. The molecule has 20 heavy (non-hydrogen) atoms. The molecule has 1 atom stereocenters. The largest absolute Gasteiger partial charge is 0.483 e. The highest BCUT2D eigenvalue weighted by atomic mass is 16.5. The summed E-state index contributed by atoms with van der Waals surface area (Å²) in [5.74, 6) is 0.755. The summed E-state index contributed by atoms with van der Waals surface area (Å²) in [5, 5.41) is 18.9. The molecule has 0 amide bonds. The Morgan fingerprint density at radius 2 is 2.10 bits per heavy atom. The van der Waals surface area contributed by atoms with Crippen LogP contribution in [0, 0.1) is 0 Å². The predicted molar refractivity (Wildman–Crippen MR) is 80.1 cm³/mol. The summed E-state index contributed by atoms with van der Waals surface area (Å²) < 4.78 is 6.18. The van der Waals surface area contributed by atoms with Gasteiger partial charge in [0.15, 0.2) is 0 Å². The first-order chi connectivity index (χ1) is 9.55. The van der Waals surface area contributed by atoms with Crippen molar-refractivity contribution < 1.29 is 14.9 Å². The second-order valence-electron chi connectivity index (χ2n) is 5.40. The van der Waals surface area contributed by atoms with E-state index in [1.165, 1.54) is 0 Å². The fraction of sp³-hybridized carbons (Fsp3) is 0.600. The molecule has 4 N–H and O–H groups in total. The second-order valence-corrected chi connectivity index (χ2v) is 5.40. The smallest absolute Gasteiger partial charge is 0.145 e. The average Bonchev–Trinajstić information content (AvgIpc) is 2.46. The first kappa shape index (κ1) is 14.9. The zero-order chi connectivity index (χ0) is 14.8. The lowest BCUT2D eigenvalue weighted by Crippen LogP contribution is -2.52. The number of hydrogen-bond acceptors (Lipinski definition) is 5. The molecule has 1 aromatic rings. The zero-order valence-electron chi connectivity index (χ0n) is 12.2. The minimum Gasteiger partial charge on any atom is -0.483 e. The van der Waals surface area contributed by atoms with E-state index in [0.717, 1.165) is 24.3 Å². The molecule has 2 rings (SSSR count). The molecule has 0 aromatic heterocycles. The van der Waals surface area contributed by atoms with Crippen LogP contribution >= 0.6 is 0 Å². The predicted octanol–water partition coefficient (Wildman–Crippen LogP) is 1.38. The summed E-state index contributed by atoms with van der Waals surface area (Å²) in [6.07, 6.45) is 0.972. The molecule has 1 aromatic carbocycles. The molecule has 1 heterocycles. The van der Waals surface area contributed by atoms with Gasteiger partial charge in [-0.05, 0) is 25.0 Å².